The maximum absolute atomic E-state index is 11.7. The Morgan fingerprint density at radius 2 is 1.06 bits per heavy atom. The van der Waals surface area contributed by atoms with Crippen LogP contribution in [0.5, 0.6) is 11.5 Å². The minimum absolute atomic E-state index is 0.129. The van der Waals surface area contributed by atoms with Crippen molar-refractivity contribution in [3.05, 3.63) is 57.6 Å². The summed E-state index contributed by atoms with van der Waals surface area (Å²) in [5.41, 5.74) is 5.40. The Bertz CT molecular complexity index is 913. The Kier molecular flexibility index (Phi) is 10.9. The average Bonchev–Trinajstić information content (AvgIpc) is 2.86. The van der Waals surface area contributed by atoms with E-state index in [-0.39, 0.29) is 30.0 Å². The van der Waals surface area contributed by atoms with Gasteiger partial charge in [0, 0.05) is 41.4 Å². The van der Waals surface area contributed by atoms with E-state index in [2.05, 4.69) is 72.7 Å². The number of phenolic OH excluding ortho intramolecular Hbond substituents is 2. The first-order valence-electron chi connectivity index (χ1n) is 13.9. The van der Waals surface area contributed by atoms with Crippen molar-refractivity contribution in [2.75, 3.05) is 13.2 Å². The Balaban J connectivity index is 2.86. The van der Waals surface area contributed by atoms with E-state index in [9.17, 15) is 20.4 Å². The molecule has 0 aliphatic carbocycles. The lowest BCUT2D eigenvalue weighted by Gasteiger charge is -2.31. The Morgan fingerprint density at radius 3 is 1.36 bits per heavy atom. The summed E-state index contributed by atoms with van der Waals surface area (Å²) in [6.45, 7) is 15.3. The Labute approximate surface area is 219 Å². The number of phenols is 2. The first kappa shape index (κ1) is 30.2. The topological polar surface area (TPSA) is 80.9 Å². The summed E-state index contributed by atoms with van der Waals surface area (Å²) in [4.78, 5) is 0. The summed E-state index contributed by atoms with van der Waals surface area (Å²) in [6, 6.07) is 8.38. The maximum atomic E-state index is 11.7. The molecule has 0 amide bonds. The minimum Gasteiger partial charge on any atom is -0.507 e. The molecule has 4 heteroatoms. The van der Waals surface area contributed by atoms with Gasteiger partial charge in [0.1, 0.15) is 11.5 Å². The third kappa shape index (κ3) is 6.83. The fourth-order valence-electron chi connectivity index (χ4n) is 5.00. The van der Waals surface area contributed by atoms with Gasteiger partial charge in [-0.05, 0) is 66.9 Å². The van der Waals surface area contributed by atoms with Crippen LogP contribution in [0.1, 0.15) is 126 Å². The second-order valence-electron chi connectivity index (χ2n) is 11.6. The van der Waals surface area contributed by atoms with Gasteiger partial charge in [0.05, 0.1) is 0 Å². The summed E-state index contributed by atoms with van der Waals surface area (Å²) in [5, 5.41) is 42.3. The second kappa shape index (κ2) is 13.0. The lowest BCUT2D eigenvalue weighted by atomic mass is 9.74. The van der Waals surface area contributed by atoms with Gasteiger partial charge in [-0.3, -0.25) is 0 Å². The minimum atomic E-state index is -0.203. The number of aliphatic hydroxyl groups excluding tert-OH is 2. The predicted octanol–water partition coefficient (Wildman–Crippen LogP) is 7.25. The average molecular weight is 499 g/mol. The number of benzene rings is 2. The van der Waals surface area contributed by atoms with Gasteiger partial charge in [0.2, 0.25) is 0 Å². The van der Waals surface area contributed by atoms with Crippen LogP contribution in [0.25, 0.3) is 0 Å². The molecule has 0 aromatic heterocycles. The molecule has 36 heavy (non-hydrogen) atoms. The standard InChI is InChI=1S/C32H50O4/c1-8-13-24(25-18-22(14-11-16-33)20-27(29(25)35)31(4,5)9-2)26-19-23(15-12-17-34)21-28(30(26)36)32(6,7)10-3/h18-21,24,33-36H,8-17H2,1-7H3. The highest BCUT2D eigenvalue weighted by Gasteiger charge is 2.31. The molecule has 202 valence electrons. The molecule has 0 spiro atoms. The molecule has 0 saturated heterocycles. The highest BCUT2D eigenvalue weighted by atomic mass is 16.3. The van der Waals surface area contributed by atoms with Crippen LogP contribution in [0.4, 0.5) is 0 Å². The summed E-state index contributed by atoms with van der Waals surface area (Å²) >= 11 is 0. The van der Waals surface area contributed by atoms with Gasteiger partial charge in [0.25, 0.3) is 0 Å². The van der Waals surface area contributed by atoms with Crippen molar-refractivity contribution in [3.8, 4) is 11.5 Å². The summed E-state index contributed by atoms with van der Waals surface area (Å²) in [6.07, 6.45) is 6.31. The molecule has 0 bridgehead atoms. The zero-order chi connectivity index (χ0) is 27.1. The van der Waals surface area contributed by atoms with Crippen LogP contribution >= 0.6 is 0 Å². The van der Waals surface area contributed by atoms with E-state index in [1.165, 1.54) is 0 Å². The SMILES string of the molecule is CCCC(c1cc(CCCO)cc(C(C)(C)CC)c1O)c1cc(CCCO)cc(C(C)(C)CC)c1O. The Morgan fingerprint density at radius 1 is 0.667 bits per heavy atom. The molecule has 4 nitrogen and oxygen atoms in total. The number of hydrogen-bond donors (Lipinski definition) is 4. The van der Waals surface area contributed by atoms with E-state index in [4.69, 9.17) is 0 Å². The van der Waals surface area contributed by atoms with Gasteiger partial charge in [-0.25, -0.2) is 0 Å². The zero-order valence-corrected chi connectivity index (χ0v) is 23.7. The van der Waals surface area contributed by atoms with Crippen molar-refractivity contribution in [3.63, 3.8) is 0 Å². The molecule has 0 radical (unpaired) electrons. The second-order valence-corrected chi connectivity index (χ2v) is 11.6. The third-order valence-corrected chi connectivity index (χ3v) is 8.20. The number of aromatic hydroxyl groups is 2. The molecular formula is C32H50O4. The monoisotopic (exact) mass is 498 g/mol. The number of aryl methyl sites for hydroxylation is 2. The van der Waals surface area contributed by atoms with E-state index in [0.29, 0.717) is 24.3 Å². The van der Waals surface area contributed by atoms with Crippen LogP contribution in [0.3, 0.4) is 0 Å². The summed E-state index contributed by atoms with van der Waals surface area (Å²) in [7, 11) is 0. The summed E-state index contributed by atoms with van der Waals surface area (Å²) < 4.78 is 0. The van der Waals surface area contributed by atoms with Crippen LogP contribution in [-0.2, 0) is 23.7 Å². The number of rotatable bonds is 14. The van der Waals surface area contributed by atoms with Gasteiger partial charge >= 0.3 is 0 Å². The van der Waals surface area contributed by atoms with E-state index < -0.39 is 0 Å². The largest absolute Gasteiger partial charge is 0.507 e. The molecule has 2 aromatic carbocycles. The molecule has 2 aromatic rings. The van der Waals surface area contributed by atoms with Crippen LogP contribution in [0.15, 0.2) is 24.3 Å². The van der Waals surface area contributed by atoms with Gasteiger partial charge < -0.3 is 20.4 Å². The lowest BCUT2D eigenvalue weighted by molar-refractivity contribution is 0.288. The normalized spacial score (nSPS) is 12.5. The number of aliphatic hydroxyl groups is 2. The van der Waals surface area contributed by atoms with E-state index in [1.807, 2.05) is 0 Å². The van der Waals surface area contributed by atoms with Gasteiger partial charge in [-0.1, -0.05) is 79.2 Å². The van der Waals surface area contributed by atoms with Crippen LogP contribution < -0.4 is 0 Å². The maximum Gasteiger partial charge on any atom is 0.123 e. The van der Waals surface area contributed by atoms with Crippen molar-refractivity contribution >= 4 is 0 Å². The molecule has 0 fully saturated rings. The van der Waals surface area contributed by atoms with Gasteiger partial charge in [0.15, 0.2) is 0 Å². The van der Waals surface area contributed by atoms with Crippen molar-refractivity contribution in [1.29, 1.82) is 0 Å². The molecule has 0 unspecified atom stereocenters. The fraction of sp³-hybridized carbons (Fsp3) is 0.625. The first-order valence-corrected chi connectivity index (χ1v) is 13.9. The molecule has 4 N–H and O–H groups in total. The molecular weight excluding hydrogens is 448 g/mol. The molecule has 0 saturated carbocycles. The van der Waals surface area contributed by atoms with E-state index in [1.54, 1.807) is 0 Å². The van der Waals surface area contributed by atoms with Gasteiger partial charge in [-0.2, -0.15) is 0 Å². The van der Waals surface area contributed by atoms with E-state index >= 15 is 0 Å². The molecule has 0 aliphatic heterocycles. The van der Waals surface area contributed by atoms with Crippen molar-refractivity contribution in [1.82, 2.24) is 0 Å². The predicted molar refractivity (Wildman–Crippen MR) is 150 cm³/mol. The van der Waals surface area contributed by atoms with E-state index in [0.717, 1.165) is 71.9 Å². The smallest absolute Gasteiger partial charge is 0.123 e. The van der Waals surface area contributed by atoms with Crippen molar-refractivity contribution in [2.45, 2.75) is 117 Å². The van der Waals surface area contributed by atoms with Crippen molar-refractivity contribution < 1.29 is 20.4 Å². The summed E-state index contributed by atoms with van der Waals surface area (Å²) in [5.74, 6) is 0.491. The fourth-order valence-corrected chi connectivity index (χ4v) is 5.00. The third-order valence-electron chi connectivity index (χ3n) is 8.20. The zero-order valence-electron chi connectivity index (χ0n) is 23.7. The lowest BCUT2D eigenvalue weighted by Crippen LogP contribution is -2.19. The molecule has 2 rings (SSSR count). The van der Waals surface area contributed by atoms with Crippen LogP contribution in [-0.4, -0.2) is 33.6 Å². The quantitative estimate of drug-likeness (QED) is 0.221. The molecule has 0 atom stereocenters. The van der Waals surface area contributed by atoms with Crippen LogP contribution in [0.2, 0.25) is 0 Å². The molecule has 0 heterocycles. The number of hydrogen-bond acceptors (Lipinski definition) is 4. The highest BCUT2D eigenvalue weighted by molar-refractivity contribution is 5.56. The van der Waals surface area contributed by atoms with Gasteiger partial charge in [-0.15, -0.1) is 0 Å². The molecule has 0 aliphatic rings. The van der Waals surface area contributed by atoms with Crippen LogP contribution in [0, 0.1) is 0 Å². The van der Waals surface area contributed by atoms with Crippen molar-refractivity contribution in [2.24, 2.45) is 0 Å². The highest BCUT2D eigenvalue weighted by Crippen LogP contribution is 2.47. The first-order chi connectivity index (χ1) is 17.0. The Hall–Kier alpha value is -2.04.